The largest absolute Gasteiger partial charge is 0.398 e. The highest BCUT2D eigenvalue weighted by atomic mass is 14.6. The minimum Gasteiger partial charge on any atom is -0.398 e. The van der Waals surface area contributed by atoms with Crippen molar-refractivity contribution >= 4 is 11.3 Å². The van der Waals surface area contributed by atoms with Gasteiger partial charge in [0.15, 0.2) is 0 Å². The third-order valence-electron chi connectivity index (χ3n) is 7.48. The topological polar surface area (TPSA) is 26.0 Å². The van der Waals surface area contributed by atoms with Gasteiger partial charge in [-0.2, -0.15) is 0 Å². The maximum absolute atomic E-state index is 6.65. The van der Waals surface area contributed by atoms with Crippen LogP contribution in [0.4, 0.5) is 5.69 Å². The number of rotatable bonds is 3. The van der Waals surface area contributed by atoms with Crippen molar-refractivity contribution in [1.82, 2.24) is 0 Å². The van der Waals surface area contributed by atoms with Gasteiger partial charge in [0.1, 0.15) is 0 Å². The van der Waals surface area contributed by atoms with E-state index in [1.54, 1.807) is 0 Å². The Morgan fingerprint density at radius 1 is 0.618 bits per heavy atom. The Balaban J connectivity index is 1.41. The number of nitrogens with two attached hydrogens (primary N) is 1. The second kappa shape index (κ2) is 7.88. The molecule has 2 aliphatic carbocycles. The fraction of sp³-hybridized carbons (Fsp3) is 0.152. The number of hydrogen-bond donors (Lipinski definition) is 1. The van der Waals surface area contributed by atoms with Crippen LogP contribution in [0.25, 0.3) is 39.0 Å². The zero-order chi connectivity index (χ0) is 23.3. The maximum atomic E-state index is 6.65. The van der Waals surface area contributed by atoms with Crippen molar-refractivity contribution < 1.29 is 0 Å². The Bertz CT molecular complexity index is 1450. The summed E-state index contributed by atoms with van der Waals surface area (Å²) in [6, 6.07) is 30.8. The van der Waals surface area contributed by atoms with Crippen LogP contribution in [0.1, 0.15) is 43.4 Å². The monoisotopic (exact) mass is 439 g/mol. The van der Waals surface area contributed by atoms with Gasteiger partial charge in [0.25, 0.3) is 0 Å². The van der Waals surface area contributed by atoms with E-state index in [-0.39, 0.29) is 5.41 Å². The molecule has 0 heterocycles. The molecule has 1 nitrogen and oxygen atoms in total. The number of fused-ring (bicyclic) bond motifs is 3. The van der Waals surface area contributed by atoms with Crippen LogP contribution in [-0.2, 0) is 5.41 Å². The zero-order valence-electron chi connectivity index (χ0n) is 19.8. The molecule has 1 heteroatoms. The normalized spacial score (nSPS) is 15.5. The van der Waals surface area contributed by atoms with E-state index in [2.05, 4.69) is 117 Å². The number of nitrogen functional groups attached to an aromatic ring is 1. The molecule has 0 unspecified atom stereocenters. The predicted octanol–water partition coefficient (Wildman–Crippen LogP) is 8.64. The lowest BCUT2D eigenvalue weighted by molar-refractivity contribution is 0.661. The first-order valence-electron chi connectivity index (χ1n) is 12.1. The first-order chi connectivity index (χ1) is 16.5. The van der Waals surface area contributed by atoms with E-state index in [1.807, 2.05) is 0 Å². The van der Waals surface area contributed by atoms with Gasteiger partial charge in [0, 0.05) is 16.7 Å². The highest BCUT2D eigenvalue weighted by Crippen LogP contribution is 2.51. The summed E-state index contributed by atoms with van der Waals surface area (Å²) in [4.78, 5) is 0. The van der Waals surface area contributed by atoms with Crippen LogP contribution in [-0.4, -0.2) is 0 Å². The molecule has 2 N–H and O–H groups in total. The van der Waals surface area contributed by atoms with Crippen LogP contribution in [0, 0.1) is 0 Å². The SMILES string of the molecule is CC1(C)c2cc(-c3ccccc3)ccc2-c2cc(N)c(-c3ccc(C4=CCCC=C4)cc3)cc21. The molecule has 166 valence electrons. The zero-order valence-corrected chi connectivity index (χ0v) is 19.8. The van der Waals surface area contributed by atoms with Crippen molar-refractivity contribution in [3.63, 3.8) is 0 Å². The van der Waals surface area contributed by atoms with Crippen LogP contribution >= 0.6 is 0 Å². The molecule has 0 radical (unpaired) electrons. The van der Waals surface area contributed by atoms with Crippen LogP contribution in [0.2, 0.25) is 0 Å². The molecule has 0 fully saturated rings. The van der Waals surface area contributed by atoms with E-state index in [9.17, 15) is 0 Å². The fourth-order valence-corrected chi connectivity index (χ4v) is 5.53. The summed E-state index contributed by atoms with van der Waals surface area (Å²) in [5.41, 5.74) is 20.0. The van der Waals surface area contributed by atoms with Gasteiger partial charge in [-0.15, -0.1) is 0 Å². The quantitative estimate of drug-likeness (QED) is 0.318. The first-order valence-corrected chi connectivity index (χ1v) is 12.1. The van der Waals surface area contributed by atoms with Gasteiger partial charge in [0.05, 0.1) is 0 Å². The van der Waals surface area contributed by atoms with Gasteiger partial charge in [-0.1, -0.05) is 98.8 Å². The molecule has 0 saturated heterocycles. The van der Waals surface area contributed by atoms with Crippen molar-refractivity contribution in [2.24, 2.45) is 0 Å². The van der Waals surface area contributed by atoms with Crippen molar-refractivity contribution in [2.45, 2.75) is 32.1 Å². The third kappa shape index (κ3) is 3.31. The molecule has 0 aliphatic heterocycles. The minimum atomic E-state index is -0.0877. The summed E-state index contributed by atoms with van der Waals surface area (Å²) in [5, 5.41) is 0. The molecule has 0 amide bonds. The number of anilines is 1. The van der Waals surface area contributed by atoms with Crippen molar-refractivity contribution in [3.8, 4) is 33.4 Å². The summed E-state index contributed by atoms with van der Waals surface area (Å²) >= 11 is 0. The van der Waals surface area contributed by atoms with E-state index >= 15 is 0 Å². The highest BCUT2D eigenvalue weighted by Gasteiger charge is 2.36. The van der Waals surface area contributed by atoms with Crippen LogP contribution in [0.5, 0.6) is 0 Å². The van der Waals surface area contributed by atoms with Gasteiger partial charge in [-0.25, -0.2) is 0 Å². The van der Waals surface area contributed by atoms with Crippen molar-refractivity contribution in [3.05, 3.63) is 120 Å². The smallest absolute Gasteiger partial charge is 0.0400 e. The Kier molecular flexibility index (Phi) is 4.81. The maximum Gasteiger partial charge on any atom is 0.0400 e. The van der Waals surface area contributed by atoms with Crippen LogP contribution in [0.15, 0.2) is 103 Å². The highest BCUT2D eigenvalue weighted by molar-refractivity contribution is 5.90. The predicted molar refractivity (Wildman–Crippen MR) is 146 cm³/mol. The second-order valence-electron chi connectivity index (χ2n) is 9.95. The fourth-order valence-electron chi connectivity index (χ4n) is 5.53. The summed E-state index contributed by atoms with van der Waals surface area (Å²) in [6.07, 6.45) is 9.06. The molecular weight excluding hydrogens is 410 g/mol. The van der Waals surface area contributed by atoms with Crippen molar-refractivity contribution in [1.29, 1.82) is 0 Å². The standard InChI is InChI=1S/C33H29N/c1-33(2)30-19-26(23-11-7-4-8-12-23)17-18-27(30)29-21-32(34)28(20-31(29)33)25-15-13-24(14-16-25)22-9-5-3-6-10-22/h4-5,7-21H,3,6,34H2,1-2H3. The molecule has 4 aromatic rings. The van der Waals surface area contributed by atoms with E-state index in [4.69, 9.17) is 5.73 Å². The van der Waals surface area contributed by atoms with Crippen molar-refractivity contribution in [2.75, 3.05) is 5.73 Å². The molecular formula is C33H29N. The summed E-state index contributed by atoms with van der Waals surface area (Å²) in [5.74, 6) is 0. The van der Waals surface area contributed by atoms with Gasteiger partial charge >= 0.3 is 0 Å². The Labute approximate surface area is 202 Å². The van der Waals surface area contributed by atoms with Crippen LogP contribution < -0.4 is 5.73 Å². The molecule has 2 aliphatic rings. The molecule has 0 bridgehead atoms. The first kappa shape index (κ1) is 20.7. The average molecular weight is 440 g/mol. The van der Waals surface area contributed by atoms with E-state index in [1.165, 1.54) is 50.1 Å². The lowest BCUT2D eigenvalue weighted by Gasteiger charge is -2.23. The molecule has 34 heavy (non-hydrogen) atoms. The lowest BCUT2D eigenvalue weighted by atomic mass is 9.80. The second-order valence-corrected chi connectivity index (χ2v) is 9.95. The molecule has 0 atom stereocenters. The van der Waals surface area contributed by atoms with Gasteiger partial charge in [-0.05, 0) is 81.1 Å². The van der Waals surface area contributed by atoms with Crippen LogP contribution in [0.3, 0.4) is 0 Å². The van der Waals surface area contributed by atoms with E-state index < -0.39 is 0 Å². The molecule has 0 saturated carbocycles. The summed E-state index contributed by atoms with van der Waals surface area (Å²) in [6.45, 7) is 4.66. The lowest BCUT2D eigenvalue weighted by Crippen LogP contribution is -2.15. The Hall–Kier alpha value is -3.84. The molecule has 4 aromatic carbocycles. The minimum absolute atomic E-state index is 0.0877. The number of benzene rings is 4. The number of allylic oxidation sites excluding steroid dienone is 4. The van der Waals surface area contributed by atoms with Gasteiger partial charge in [0.2, 0.25) is 0 Å². The third-order valence-corrected chi connectivity index (χ3v) is 7.48. The molecule has 6 rings (SSSR count). The number of hydrogen-bond acceptors (Lipinski definition) is 1. The van der Waals surface area contributed by atoms with Gasteiger partial charge in [-0.3, -0.25) is 0 Å². The Morgan fingerprint density at radius 2 is 1.32 bits per heavy atom. The molecule has 0 spiro atoms. The van der Waals surface area contributed by atoms with E-state index in [0.29, 0.717) is 0 Å². The van der Waals surface area contributed by atoms with E-state index in [0.717, 1.165) is 24.1 Å². The van der Waals surface area contributed by atoms with Gasteiger partial charge < -0.3 is 5.73 Å². The molecule has 0 aromatic heterocycles. The summed E-state index contributed by atoms with van der Waals surface area (Å²) in [7, 11) is 0. The Morgan fingerprint density at radius 3 is 2.06 bits per heavy atom. The summed E-state index contributed by atoms with van der Waals surface area (Å²) < 4.78 is 0. The average Bonchev–Trinajstić information content (AvgIpc) is 3.10.